The molecule has 7 heteroatoms. The molecule has 3 aromatic rings. The van der Waals surface area contributed by atoms with Crippen LogP contribution in [0.2, 0.25) is 0 Å². The van der Waals surface area contributed by atoms with Crippen LogP contribution in [-0.2, 0) is 0 Å². The molecule has 0 amide bonds. The summed E-state index contributed by atoms with van der Waals surface area (Å²) >= 11 is 1.73. The number of rotatable bonds is 6. The van der Waals surface area contributed by atoms with E-state index in [4.69, 9.17) is 0 Å². The normalized spacial score (nSPS) is 11.2. The molecular formula is C15H18N6S. The molecule has 0 radical (unpaired) electrons. The van der Waals surface area contributed by atoms with E-state index in [2.05, 4.69) is 45.5 Å². The molecule has 22 heavy (non-hydrogen) atoms. The van der Waals surface area contributed by atoms with Gasteiger partial charge in [0, 0.05) is 18.5 Å². The molecule has 3 aromatic heterocycles. The molecule has 1 N–H and O–H groups in total. The van der Waals surface area contributed by atoms with Crippen molar-refractivity contribution in [3.63, 3.8) is 0 Å². The van der Waals surface area contributed by atoms with Gasteiger partial charge in [-0.05, 0) is 24.1 Å². The maximum atomic E-state index is 4.51. The SMILES string of the molecule is CC(C)c1cc(NCCSc2ccccn2)c2nncn2n1. The number of aromatic nitrogens is 5. The Bertz CT molecular complexity index is 740. The lowest BCUT2D eigenvalue weighted by Crippen LogP contribution is -2.09. The fraction of sp³-hybridized carbons (Fsp3) is 0.333. The molecule has 0 saturated carbocycles. The summed E-state index contributed by atoms with van der Waals surface area (Å²) in [6.07, 6.45) is 3.45. The Morgan fingerprint density at radius 1 is 1.32 bits per heavy atom. The minimum atomic E-state index is 0.357. The minimum absolute atomic E-state index is 0.357. The van der Waals surface area contributed by atoms with E-state index in [0.29, 0.717) is 5.92 Å². The van der Waals surface area contributed by atoms with Gasteiger partial charge in [0.05, 0.1) is 16.4 Å². The molecule has 0 saturated heterocycles. The van der Waals surface area contributed by atoms with Crippen LogP contribution in [0.5, 0.6) is 0 Å². The molecule has 0 unspecified atom stereocenters. The summed E-state index contributed by atoms with van der Waals surface area (Å²) in [5.74, 6) is 1.28. The molecule has 0 bridgehead atoms. The number of nitrogens with one attached hydrogen (secondary N) is 1. The van der Waals surface area contributed by atoms with Gasteiger partial charge >= 0.3 is 0 Å². The average molecular weight is 314 g/mol. The lowest BCUT2D eigenvalue weighted by Gasteiger charge is -2.10. The van der Waals surface area contributed by atoms with Crippen LogP contribution in [0.25, 0.3) is 5.65 Å². The van der Waals surface area contributed by atoms with Crippen LogP contribution in [0.15, 0.2) is 41.8 Å². The smallest absolute Gasteiger partial charge is 0.200 e. The highest BCUT2D eigenvalue weighted by atomic mass is 32.2. The van der Waals surface area contributed by atoms with Crippen molar-refractivity contribution in [1.29, 1.82) is 0 Å². The number of hydrogen-bond acceptors (Lipinski definition) is 6. The summed E-state index contributed by atoms with van der Waals surface area (Å²) in [6, 6.07) is 8.00. The van der Waals surface area contributed by atoms with Crippen molar-refractivity contribution in [2.75, 3.05) is 17.6 Å². The fourth-order valence-electron chi connectivity index (χ4n) is 2.03. The average Bonchev–Trinajstić information content (AvgIpc) is 3.01. The Morgan fingerprint density at radius 2 is 2.23 bits per heavy atom. The summed E-state index contributed by atoms with van der Waals surface area (Å²) in [4.78, 5) is 4.30. The topological polar surface area (TPSA) is 68.0 Å². The van der Waals surface area contributed by atoms with Crippen molar-refractivity contribution in [1.82, 2.24) is 24.8 Å². The third kappa shape index (κ3) is 3.36. The van der Waals surface area contributed by atoms with Crippen LogP contribution in [0.3, 0.4) is 0 Å². The predicted molar refractivity (Wildman–Crippen MR) is 88.3 cm³/mol. The molecule has 0 aliphatic carbocycles. The molecule has 6 nitrogen and oxygen atoms in total. The zero-order valence-electron chi connectivity index (χ0n) is 12.6. The fourth-order valence-corrected chi connectivity index (χ4v) is 2.76. The molecule has 0 aromatic carbocycles. The van der Waals surface area contributed by atoms with Gasteiger partial charge in [0.2, 0.25) is 5.65 Å². The Labute approximate surface area is 133 Å². The van der Waals surface area contributed by atoms with E-state index in [0.717, 1.165) is 34.4 Å². The second kappa shape index (κ2) is 6.74. The second-order valence-electron chi connectivity index (χ2n) is 5.18. The van der Waals surface area contributed by atoms with E-state index in [1.54, 1.807) is 22.6 Å². The molecule has 0 fully saturated rings. The highest BCUT2D eigenvalue weighted by molar-refractivity contribution is 7.99. The minimum Gasteiger partial charge on any atom is -0.381 e. The Morgan fingerprint density at radius 3 is 3.00 bits per heavy atom. The zero-order chi connectivity index (χ0) is 15.4. The lowest BCUT2D eigenvalue weighted by molar-refractivity contribution is 0.762. The van der Waals surface area contributed by atoms with E-state index in [9.17, 15) is 0 Å². The first-order valence-electron chi connectivity index (χ1n) is 7.22. The zero-order valence-corrected chi connectivity index (χ0v) is 13.4. The van der Waals surface area contributed by atoms with Gasteiger partial charge in [0.15, 0.2) is 0 Å². The van der Waals surface area contributed by atoms with Gasteiger partial charge < -0.3 is 5.32 Å². The summed E-state index contributed by atoms with van der Waals surface area (Å²) in [6.45, 7) is 5.07. The molecular weight excluding hydrogens is 296 g/mol. The first kappa shape index (κ1) is 14.8. The van der Waals surface area contributed by atoms with E-state index in [1.165, 1.54) is 0 Å². The Kier molecular flexibility index (Phi) is 4.53. The second-order valence-corrected chi connectivity index (χ2v) is 6.30. The third-order valence-corrected chi connectivity index (χ3v) is 4.13. The largest absolute Gasteiger partial charge is 0.381 e. The van der Waals surface area contributed by atoms with Crippen molar-refractivity contribution < 1.29 is 0 Å². The summed E-state index contributed by atoms with van der Waals surface area (Å²) in [5, 5.41) is 17.0. The van der Waals surface area contributed by atoms with Gasteiger partial charge in [-0.2, -0.15) is 9.61 Å². The van der Waals surface area contributed by atoms with E-state index in [-0.39, 0.29) is 0 Å². The van der Waals surface area contributed by atoms with Crippen molar-refractivity contribution >= 4 is 23.1 Å². The number of nitrogens with zero attached hydrogens (tertiary/aromatic N) is 5. The quantitative estimate of drug-likeness (QED) is 0.557. The molecule has 3 heterocycles. The van der Waals surface area contributed by atoms with Gasteiger partial charge in [0.1, 0.15) is 6.33 Å². The van der Waals surface area contributed by atoms with Crippen molar-refractivity contribution in [3.8, 4) is 0 Å². The Hall–Kier alpha value is -2.15. The van der Waals surface area contributed by atoms with Crippen molar-refractivity contribution in [2.24, 2.45) is 0 Å². The van der Waals surface area contributed by atoms with E-state index in [1.807, 2.05) is 24.4 Å². The monoisotopic (exact) mass is 314 g/mol. The van der Waals surface area contributed by atoms with Crippen molar-refractivity contribution in [2.45, 2.75) is 24.8 Å². The van der Waals surface area contributed by atoms with Crippen molar-refractivity contribution in [3.05, 3.63) is 42.5 Å². The molecule has 0 aliphatic heterocycles. The maximum absolute atomic E-state index is 4.51. The molecule has 0 atom stereocenters. The highest BCUT2D eigenvalue weighted by Crippen LogP contribution is 2.20. The first-order valence-corrected chi connectivity index (χ1v) is 8.21. The van der Waals surface area contributed by atoms with Crippen LogP contribution >= 0.6 is 11.8 Å². The summed E-state index contributed by atoms with van der Waals surface area (Å²) in [5.41, 5.74) is 2.75. The molecule has 0 spiro atoms. The number of hydrogen-bond donors (Lipinski definition) is 1. The third-order valence-electron chi connectivity index (χ3n) is 3.18. The Balaban J connectivity index is 1.67. The number of anilines is 1. The van der Waals surface area contributed by atoms with Gasteiger partial charge in [0.25, 0.3) is 0 Å². The lowest BCUT2D eigenvalue weighted by atomic mass is 10.1. The number of fused-ring (bicyclic) bond motifs is 1. The van der Waals surface area contributed by atoms with Crippen LogP contribution in [0, 0.1) is 0 Å². The summed E-state index contributed by atoms with van der Waals surface area (Å²) < 4.78 is 1.73. The molecule has 114 valence electrons. The molecule has 0 aliphatic rings. The molecule has 3 rings (SSSR count). The standard InChI is InChI=1S/C15H18N6S/c1-11(2)12-9-13(15-19-18-10-21(15)20-12)16-7-8-22-14-5-3-4-6-17-14/h3-6,9-11,16H,7-8H2,1-2H3. The van der Waals surface area contributed by atoms with Crippen LogP contribution in [-0.4, -0.2) is 37.1 Å². The van der Waals surface area contributed by atoms with Crippen LogP contribution < -0.4 is 5.32 Å². The highest BCUT2D eigenvalue weighted by Gasteiger charge is 2.10. The van der Waals surface area contributed by atoms with E-state index < -0.39 is 0 Å². The first-order chi connectivity index (χ1) is 10.7. The van der Waals surface area contributed by atoms with E-state index >= 15 is 0 Å². The van der Waals surface area contributed by atoms with Gasteiger partial charge in [-0.15, -0.1) is 22.0 Å². The van der Waals surface area contributed by atoms with Gasteiger partial charge in [-0.1, -0.05) is 19.9 Å². The van der Waals surface area contributed by atoms with Crippen LogP contribution in [0.1, 0.15) is 25.5 Å². The van der Waals surface area contributed by atoms with Gasteiger partial charge in [-0.25, -0.2) is 4.98 Å². The summed E-state index contributed by atoms with van der Waals surface area (Å²) in [7, 11) is 0. The maximum Gasteiger partial charge on any atom is 0.200 e. The number of pyridine rings is 1. The van der Waals surface area contributed by atoms with Gasteiger partial charge in [-0.3, -0.25) is 0 Å². The number of thioether (sulfide) groups is 1. The predicted octanol–water partition coefficient (Wildman–Crippen LogP) is 2.85. The van der Waals surface area contributed by atoms with Crippen LogP contribution in [0.4, 0.5) is 5.69 Å².